The predicted octanol–water partition coefficient (Wildman–Crippen LogP) is 5.32. The van der Waals surface area contributed by atoms with Crippen LogP contribution in [0.2, 0.25) is 0 Å². The van der Waals surface area contributed by atoms with Gasteiger partial charge in [0.2, 0.25) is 0 Å². The van der Waals surface area contributed by atoms with E-state index in [1.807, 2.05) is 78.9 Å². The maximum absolute atomic E-state index is 13.4. The van der Waals surface area contributed by atoms with Gasteiger partial charge in [0.25, 0.3) is 5.91 Å². The fraction of sp³-hybridized carbons (Fsp3) is 0.115. The van der Waals surface area contributed by atoms with Crippen molar-refractivity contribution in [2.45, 2.75) is 11.5 Å². The summed E-state index contributed by atoms with van der Waals surface area (Å²) in [5.41, 5.74) is 3.33. The van der Waals surface area contributed by atoms with Crippen LogP contribution in [0.1, 0.15) is 22.9 Å². The number of aromatic nitrogens is 1. The second-order valence-electron chi connectivity index (χ2n) is 7.55. The van der Waals surface area contributed by atoms with E-state index in [0.29, 0.717) is 21.5 Å². The minimum absolute atomic E-state index is 0.210. The van der Waals surface area contributed by atoms with E-state index in [1.54, 1.807) is 24.0 Å². The summed E-state index contributed by atoms with van der Waals surface area (Å²) in [6.07, 6.45) is 2.89. The number of carbonyl (C=O) groups excluding carboxylic acids is 2. The summed E-state index contributed by atoms with van der Waals surface area (Å²) in [7, 11) is 0. The molecule has 1 unspecified atom stereocenters. The third-order valence-electron chi connectivity index (χ3n) is 5.45. The van der Waals surface area contributed by atoms with Crippen molar-refractivity contribution in [3.63, 3.8) is 0 Å². The number of esters is 1. The van der Waals surface area contributed by atoms with Gasteiger partial charge in [-0.25, -0.2) is 4.79 Å². The molecule has 1 aromatic heterocycles. The van der Waals surface area contributed by atoms with E-state index in [0.717, 1.165) is 11.1 Å². The quantitative estimate of drug-likeness (QED) is 0.260. The molecule has 5 rings (SSSR count). The highest BCUT2D eigenvalue weighted by Crippen LogP contribution is 2.46. The Labute approximate surface area is 204 Å². The molecule has 0 radical (unpaired) electrons. The monoisotopic (exact) mass is 518 g/mol. The summed E-state index contributed by atoms with van der Waals surface area (Å²) in [4.78, 5) is 32.3. The van der Waals surface area contributed by atoms with Crippen molar-refractivity contribution in [2.24, 2.45) is 0 Å². The summed E-state index contributed by atoms with van der Waals surface area (Å²) >= 11 is 5.09. The van der Waals surface area contributed by atoms with Crippen LogP contribution in [0.4, 0.5) is 0 Å². The van der Waals surface area contributed by atoms with Gasteiger partial charge in [0, 0.05) is 16.4 Å². The number of pyridine rings is 1. The van der Waals surface area contributed by atoms with Crippen molar-refractivity contribution in [3.05, 3.63) is 118 Å². The van der Waals surface area contributed by atoms with Crippen LogP contribution in [-0.4, -0.2) is 32.9 Å². The zero-order chi connectivity index (χ0) is 22.8. The van der Waals surface area contributed by atoms with Crippen molar-refractivity contribution in [1.29, 1.82) is 0 Å². The maximum Gasteiger partial charge on any atom is 0.356 e. The minimum Gasteiger partial charge on any atom is -0.448 e. The number of thioether (sulfide) groups is 1. The van der Waals surface area contributed by atoms with Gasteiger partial charge in [-0.15, -0.1) is 11.8 Å². The van der Waals surface area contributed by atoms with E-state index in [9.17, 15) is 9.59 Å². The van der Waals surface area contributed by atoms with Gasteiger partial charge >= 0.3 is 5.97 Å². The molecule has 1 fully saturated rings. The molecule has 164 valence electrons. The number of rotatable bonds is 5. The van der Waals surface area contributed by atoms with Crippen LogP contribution >= 0.6 is 27.7 Å². The molecule has 5 nitrogen and oxygen atoms in total. The zero-order valence-electron chi connectivity index (χ0n) is 17.4. The molecule has 0 aliphatic carbocycles. The molecule has 0 saturated carbocycles. The Morgan fingerprint density at radius 1 is 1.03 bits per heavy atom. The molecule has 3 aromatic rings. The Balaban J connectivity index is 1.43. The lowest BCUT2D eigenvalue weighted by atomic mass is 10.0. The molecule has 2 aliphatic heterocycles. The number of nitrogens with zero attached hydrogens (tertiary/aromatic N) is 2. The number of β-lactam (4-membered cyclic amide) rings is 1. The molecule has 2 aromatic carbocycles. The van der Waals surface area contributed by atoms with Gasteiger partial charge in [-0.05, 0) is 29.3 Å². The van der Waals surface area contributed by atoms with Crippen molar-refractivity contribution in [2.75, 3.05) is 5.75 Å². The normalized spacial score (nSPS) is 18.8. The van der Waals surface area contributed by atoms with Crippen LogP contribution in [0.5, 0.6) is 0 Å². The first-order chi connectivity index (χ1) is 16.1. The Morgan fingerprint density at radius 3 is 2.27 bits per heavy atom. The lowest BCUT2D eigenvalue weighted by Gasteiger charge is -2.45. The van der Waals surface area contributed by atoms with E-state index in [-0.39, 0.29) is 17.0 Å². The van der Waals surface area contributed by atoms with E-state index in [4.69, 9.17) is 4.74 Å². The highest BCUT2D eigenvalue weighted by atomic mass is 79.9. The highest BCUT2D eigenvalue weighted by molar-refractivity contribution is 9.11. The molecule has 7 heteroatoms. The topological polar surface area (TPSA) is 59.5 Å². The fourth-order valence-corrected chi connectivity index (χ4v) is 5.76. The summed E-state index contributed by atoms with van der Waals surface area (Å²) in [6.45, 7) is 0. The summed E-state index contributed by atoms with van der Waals surface area (Å²) in [5, 5.41) is -0.241. The Kier molecular flexibility index (Phi) is 6.15. The van der Waals surface area contributed by atoms with Crippen LogP contribution in [0.3, 0.4) is 0 Å². The second kappa shape index (κ2) is 9.37. The molecule has 3 heterocycles. The average molecular weight is 519 g/mol. The smallest absolute Gasteiger partial charge is 0.356 e. The highest BCUT2D eigenvalue weighted by Gasteiger charge is 2.50. The molecular weight excluding hydrogens is 500 g/mol. The Morgan fingerprint density at radius 2 is 1.67 bits per heavy atom. The van der Waals surface area contributed by atoms with Crippen molar-refractivity contribution < 1.29 is 14.3 Å². The van der Waals surface area contributed by atoms with Crippen LogP contribution in [0.25, 0.3) is 6.08 Å². The van der Waals surface area contributed by atoms with E-state index < -0.39 is 12.1 Å². The summed E-state index contributed by atoms with van der Waals surface area (Å²) in [6, 6.07) is 24.8. The van der Waals surface area contributed by atoms with Gasteiger partial charge in [0.05, 0.1) is 11.3 Å². The summed E-state index contributed by atoms with van der Waals surface area (Å²) < 4.78 is 6.68. The van der Waals surface area contributed by atoms with Crippen molar-refractivity contribution >= 4 is 45.6 Å². The first kappa shape index (κ1) is 21.7. The van der Waals surface area contributed by atoms with Crippen molar-refractivity contribution in [1.82, 2.24) is 9.88 Å². The fourth-order valence-electron chi connectivity index (χ4n) is 3.87. The number of carbonyl (C=O) groups is 2. The summed E-state index contributed by atoms with van der Waals surface area (Å²) in [5.74, 6) is -0.174. The van der Waals surface area contributed by atoms with E-state index in [1.165, 1.54) is 4.90 Å². The van der Waals surface area contributed by atoms with Crippen molar-refractivity contribution in [3.8, 4) is 0 Å². The lowest BCUT2D eigenvalue weighted by Crippen LogP contribution is -2.56. The molecular formula is C26H19BrN2O3S. The molecule has 0 bridgehead atoms. The first-order valence-corrected chi connectivity index (χ1v) is 12.2. The van der Waals surface area contributed by atoms with Gasteiger partial charge in [0.1, 0.15) is 11.1 Å². The number of halogens is 1. The minimum atomic E-state index is -0.583. The van der Waals surface area contributed by atoms with E-state index >= 15 is 0 Å². The van der Waals surface area contributed by atoms with Gasteiger partial charge in [-0.3, -0.25) is 14.7 Å². The number of benzene rings is 2. The predicted molar refractivity (Wildman–Crippen MR) is 132 cm³/mol. The van der Waals surface area contributed by atoms with Gasteiger partial charge in [-0.1, -0.05) is 82.7 Å². The first-order valence-electron chi connectivity index (χ1n) is 10.4. The third-order valence-corrected chi connectivity index (χ3v) is 7.71. The van der Waals surface area contributed by atoms with Crippen LogP contribution in [-0.2, 0) is 14.3 Å². The van der Waals surface area contributed by atoms with Gasteiger partial charge in [0.15, 0.2) is 6.10 Å². The third kappa shape index (κ3) is 4.26. The van der Waals surface area contributed by atoms with Gasteiger partial charge < -0.3 is 4.74 Å². The number of amides is 1. The van der Waals surface area contributed by atoms with Gasteiger partial charge in [-0.2, -0.15) is 0 Å². The van der Waals surface area contributed by atoms with Crippen LogP contribution < -0.4 is 0 Å². The largest absolute Gasteiger partial charge is 0.448 e. The van der Waals surface area contributed by atoms with E-state index in [2.05, 4.69) is 20.9 Å². The molecule has 33 heavy (non-hydrogen) atoms. The number of fused-ring (bicyclic) bond motifs is 1. The maximum atomic E-state index is 13.4. The second-order valence-corrected chi connectivity index (χ2v) is 9.58. The number of hydrogen-bond donors (Lipinski definition) is 0. The standard InChI is InChI=1S/C26H19BrN2O3S/c27-21-16-33-25-20(15-19-13-7-8-14-28-19)24(30)29(25)22(21)26(31)32-23(17-9-3-1-4-10-17)18-11-5-2-6-12-18/h1-15,23,25H,16H2/b20-15+. The Hall–Kier alpha value is -3.16. The molecule has 1 atom stereocenters. The SMILES string of the molecule is O=C(OC(c1ccccc1)c1ccccc1)C1=C(Br)CSC2/C(=C/c3ccccn3)C(=O)N12. The molecule has 1 saturated heterocycles. The average Bonchev–Trinajstić information content (AvgIpc) is 2.87. The molecule has 2 aliphatic rings. The Bertz CT molecular complexity index is 1210. The molecule has 0 N–H and O–H groups in total. The number of ether oxygens (including phenoxy) is 1. The number of hydrogen-bond acceptors (Lipinski definition) is 5. The molecule has 1 amide bonds. The molecule has 0 spiro atoms. The van der Waals surface area contributed by atoms with Crippen LogP contribution in [0.15, 0.2) is 101 Å². The zero-order valence-corrected chi connectivity index (χ0v) is 19.8. The lowest BCUT2D eigenvalue weighted by molar-refractivity contribution is -0.148. The van der Waals surface area contributed by atoms with Crippen LogP contribution in [0, 0.1) is 0 Å².